The summed E-state index contributed by atoms with van der Waals surface area (Å²) in [7, 11) is 2.77. The second-order valence-corrected chi connectivity index (χ2v) is 11.9. The average molecular weight is 517 g/mol. The minimum absolute atomic E-state index is 0.0405. The normalized spacial score (nSPS) is 16.2. The van der Waals surface area contributed by atoms with Gasteiger partial charge in [0, 0.05) is 23.5 Å². The molecule has 0 saturated heterocycles. The number of methoxy groups -OCH3 is 1. The molecule has 0 aliphatic carbocycles. The number of benzene rings is 2. The molecule has 0 aliphatic rings. The van der Waals surface area contributed by atoms with Crippen molar-refractivity contribution in [3.05, 3.63) is 64.8 Å². The fourth-order valence-electron chi connectivity index (χ4n) is 5.13. The molecular formula is C29H35F3N2O3. The molecule has 0 spiro atoms. The molecular weight excluding hydrogens is 481 g/mol. The van der Waals surface area contributed by atoms with E-state index < -0.39 is 34.6 Å². The molecule has 3 aromatic rings. The molecule has 0 amide bonds. The summed E-state index contributed by atoms with van der Waals surface area (Å²) >= 11 is 0. The van der Waals surface area contributed by atoms with Crippen LogP contribution >= 0.6 is 0 Å². The third-order valence-electron chi connectivity index (χ3n) is 6.87. The van der Waals surface area contributed by atoms with Gasteiger partial charge in [0.1, 0.15) is 11.8 Å². The number of nitrogens with zero attached hydrogens (tertiary/aromatic N) is 2. The van der Waals surface area contributed by atoms with Crippen LogP contribution in [0, 0.1) is 16.7 Å². The molecule has 5 nitrogen and oxygen atoms in total. The zero-order valence-corrected chi connectivity index (χ0v) is 22.6. The second-order valence-electron chi connectivity index (χ2n) is 11.9. The van der Waals surface area contributed by atoms with E-state index in [-0.39, 0.29) is 22.6 Å². The van der Waals surface area contributed by atoms with Gasteiger partial charge in [-0.05, 0) is 41.0 Å². The summed E-state index contributed by atoms with van der Waals surface area (Å²) in [5, 5.41) is 35.0. The summed E-state index contributed by atoms with van der Waals surface area (Å²) in [6.07, 6.45) is -6.14. The number of aromatic nitrogens is 1. The SMILES string of the molecule is COc1ccc(C(C)(C)C)cc1C(O)(c1c(C#N)c2ccccc2n1C)C(O)(CC(C)(C)C)C(F)(F)F. The number of aliphatic hydroxyl groups is 2. The Bertz CT molecular complexity index is 1360. The van der Waals surface area contributed by atoms with Crippen LogP contribution in [0.15, 0.2) is 42.5 Å². The first kappa shape index (κ1) is 28.5. The van der Waals surface area contributed by atoms with Crippen molar-refractivity contribution in [1.82, 2.24) is 4.57 Å². The molecule has 0 saturated carbocycles. The Morgan fingerprint density at radius 1 is 0.973 bits per heavy atom. The number of hydrogen-bond donors (Lipinski definition) is 2. The molecule has 1 heterocycles. The predicted molar refractivity (Wildman–Crippen MR) is 137 cm³/mol. The monoisotopic (exact) mass is 516 g/mol. The van der Waals surface area contributed by atoms with E-state index in [0.717, 1.165) is 0 Å². The molecule has 0 fully saturated rings. The highest BCUT2D eigenvalue weighted by molar-refractivity contribution is 5.89. The fraction of sp³-hybridized carbons (Fsp3) is 0.483. The van der Waals surface area contributed by atoms with Gasteiger partial charge in [-0.3, -0.25) is 0 Å². The van der Waals surface area contributed by atoms with Crippen LogP contribution in [0.25, 0.3) is 10.9 Å². The lowest BCUT2D eigenvalue weighted by molar-refractivity contribution is -0.323. The molecule has 2 atom stereocenters. The Hall–Kier alpha value is -3.02. The number of aryl methyl sites for hydroxylation is 1. The molecule has 200 valence electrons. The third-order valence-corrected chi connectivity index (χ3v) is 6.87. The maximum atomic E-state index is 15.2. The summed E-state index contributed by atoms with van der Waals surface area (Å²) in [5.41, 5.74) is -8.10. The van der Waals surface area contributed by atoms with E-state index in [2.05, 4.69) is 0 Å². The lowest BCUT2D eigenvalue weighted by Crippen LogP contribution is -2.63. The van der Waals surface area contributed by atoms with Gasteiger partial charge in [-0.1, -0.05) is 65.8 Å². The molecule has 2 N–H and O–H groups in total. The fourth-order valence-corrected chi connectivity index (χ4v) is 5.13. The molecule has 2 aromatic carbocycles. The van der Waals surface area contributed by atoms with Gasteiger partial charge >= 0.3 is 6.18 Å². The molecule has 1 aromatic heterocycles. The van der Waals surface area contributed by atoms with Crippen LogP contribution in [0.4, 0.5) is 13.2 Å². The van der Waals surface area contributed by atoms with Crippen LogP contribution in [0.5, 0.6) is 5.75 Å². The largest absolute Gasteiger partial charge is 0.496 e. The van der Waals surface area contributed by atoms with Gasteiger partial charge in [0.05, 0.1) is 18.4 Å². The smallest absolute Gasteiger partial charge is 0.420 e. The number of para-hydroxylation sites is 1. The highest BCUT2D eigenvalue weighted by Crippen LogP contribution is 2.56. The van der Waals surface area contributed by atoms with Crippen LogP contribution in [0.1, 0.15) is 70.3 Å². The number of fused-ring (bicyclic) bond motifs is 1. The Kier molecular flexibility index (Phi) is 7.00. The standard InChI is InChI=1S/C29H35F3N2O3/c1-25(2,3)17-27(35,29(30,31)32)28(36,21-15-18(26(4,5)6)13-14-23(21)37-8)24-20(16-33)19-11-9-10-12-22(19)34(24)7/h9-15,35-36H,17H2,1-8H3. The number of rotatable bonds is 5. The van der Waals surface area contributed by atoms with Crippen molar-refractivity contribution < 1.29 is 28.1 Å². The zero-order chi connectivity index (χ0) is 28.2. The summed E-state index contributed by atoms with van der Waals surface area (Å²) in [5.74, 6) is -0.0405. The van der Waals surface area contributed by atoms with E-state index in [1.165, 1.54) is 30.9 Å². The van der Waals surface area contributed by atoms with Crippen LogP contribution in [-0.4, -0.2) is 33.7 Å². The van der Waals surface area contributed by atoms with Crippen molar-refractivity contribution in [2.75, 3.05) is 7.11 Å². The quantitative estimate of drug-likeness (QED) is 0.416. The molecule has 37 heavy (non-hydrogen) atoms. The molecule has 8 heteroatoms. The van der Waals surface area contributed by atoms with Crippen LogP contribution in [-0.2, 0) is 18.1 Å². The van der Waals surface area contributed by atoms with E-state index >= 15 is 13.2 Å². The van der Waals surface area contributed by atoms with Crippen molar-refractivity contribution in [3.63, 3.8) is 0 Å². The van der Waals surface area contributed by atoms with Gasteiger partial charge in [-0.15, -0.1) is 0 Å². The van der Waals surface area contributed by atoms with Gasteiger partial charge in [-0.25, -0.2) is 0 Å². The highest BCUT2D eigenvalue weighted by atomic mass is 19.4. The predicted octanol–water partition coefficient (Wildman–Crippen LogP) is 6.32. The van der Waals surface area contributed by atoms with E-state index in [1.807, 2.05) is 26.8 Å². The average Bonchev–Trinajstić information content (AvgIpc) is 3.07. The topological polar surface area (TPSA) is 78.4 Å². The van der Waals surface area contributed by atoms with Crippen LogP contribution in [0.2, 0.25) is 0 Å². The van der Waals surface area contributed by atoms with Crippen molar-refractivity contribution in [2.45, 2.75) is 70.8 Å². The van der Waals surface area contributed by atoms with Gasteiger partial charge in [0.15, 0.2) is 11.2 Å². The summed E-state index contributed by atoms with van der Waals surface area (Å²) in [6, 6.07) is 13.3. The minimum atomic E-state index is -5.29. The Labute approximate surface area is 216 Å². The number of hydrogen-bond acceptors (Lipinski definition) is 4. The van der Waals surface area contributed by atoms with Gasteiger partial charge in [0.2, 0.25) is 0 Å². The van der Waals surface area contributed by atoms with Gasteiger partial charge in [0.25, 0.3) is 0 Å². The second kappa shape index (κ2) is 9.07. The minimum Gasteiger partial charge on any atom is -0.496 e. The van der Waals surface area contributed by atoms with E-state index in [0.29, 0.717) is 16.5 Å². The molecule has 0 bridgehead atoms. The maximum absolute atomic E-state index is 15.2. The molecule has 0 radical (unpaired) electrons. The van der Waals surface area contributed by atoms with E-state index in [1.54, 1.807) is 51.1 Å². The Morgan fingerprint density at radius 3 is 2.05 bits per heavy atom. The van der Waals surface area contributed by atoms with Crippen LogP contribution < -0.4 is 4.74 Å². The molecule has 3 rings (SSSR count). The third kappa shape index (κ3) is 4.60. The Balaban J connectivity index is 2.66. The maximum Gasteiger partial charge on any atom is 0.420 e. The van der Waals surface area contributed by atoms with Gasteiger partial charge < -0.3 is 19.5 Å². The van der Waals surface area contributed by atoms with E-state index in [9.17, 15) is 15.5 Å². The highest BCUT2D eigenvalue weighted by Gasteiger charge is 2.70. The molecule has 0 aliphatic heterocycles. The van der Waals surface area contributed by atoms with Crippen molar-refractivity contribution in [1.29, 1.82) is 5.26 Å². The van der Waals surface area contributed by atoms with Crippen molar-refractivity contribution in [2.24, 2.45) is 12.5 Å². The van der Waals surface area contributed by atoms with Gasteiger partial charge in [-0.2, -0.15) is 18.4 Å². The van der Waals surface area contributed by atoms with Crippen LogP contribution in [0.3, 0.4) is 0 Å². The number of halogens is 3. The first-order valence-electron chi connectivity index (χ1n) is 12.0. The van der Waals surface area contributed by atoms with Crippen molar-refractivity contribution in [3.8, 4) is 11.8 Å². The number of nitriles is 1. The van der Waals surface area contributed by atoms with Crippen molar-refractivity contribution >= 4 is 10.9 Å². The first-order valence-corrected chi connectivity index (χ1v) is 12.0. The lowest BCUT2D eigenvalue weighted by atomic mass is 9.66. The molecule has 2 unspecified atom stereocenters. The van der Waals surface area contributed by atoms with E-state index in [4.69, 9.17) is 4.74 Å². The number of alkyl halides is 3. The Morgan fingerprint density at radius 2 is 1.57 bits per heavy atom. The summed E-state index contributed by atoms with van der Waals surface area (Å²) < 4.78 is 52.3. The number of ether oxygens (including phenoxy) is 1. The summed E-state index contributed by atoms with van der Waals surface area (Å²) in [6.45, 7) is 10.3. The lowest BCUT2D eigenvalue weighted by Gasteiger charge is -2.48. The first-order chi connectivity index (χ1) is 16.8. The zero-order valence-electron chi connectivity index (χ0n) is 22.6. The summed E-state index contributed by atoms with van der Waals surface area (Å²) in [4.78, 5) is 0.